The van der Waals surface area contributed by atoms with Crippen LogP contribution in [0, 0.1) is 0 Å². The normalized spacial score (nSPS) is 11.2. The van der Waals surface area contributed by atoms with Gasteiger partial charge in [-0.15, -0.1) is 11.3 Å². The third kappa shape index (κ3) is 2.32. The van der Waals surface area contributed by atoms with Crippen LogP contribution in [0.1, 0.15) is 16.6 Å². The van der Waals surface area contributed by atoms with Gasteiger partial charge in [0.1, 0.15) is 4.88 Å². The number of imidazole rings is 1. The first-order valence-electron chi connectivity index (χ1n) is 7.62. The summed E-state index contributed by atoms with van der Waals surface area (Å²) >= 11 is 1.32. The number of nitrogens with zero attached hydrogens (tertiary/aromatic N) is 3. The summed E-state index contributed by atoms with van der Waals surface area (Å²) in [6, 6.07) is 12.1. The van der Waals surface area contributed by atoms with Gasteiger partial charge in [-0.1, -0.05) is 12.1 Å². The van der Waals surface area contributed by atoms with Crippen molar-refractivity contribution in [3.05, 3.63) is 60.0 Å². The summed E-state index contributed by atoms with van der Waals surface area (Å²) in [4.78, 5) is 15.6. The number of hydrogen-bond donors (Lipinski definition) is 1. The first kappa shape index (κ1) is 14.7. The van der Waals surface area contributed by atoms with E-state index in [0.29, 0.717) is 4.88 Å². The molecule has 24 heavy (non-hydrogen) atoms. The van der Waals surface area contributed by atoms with E-state index in [1.165, 1.54) is 11.3 Å². The van der Waals surface area contributed by atoms with E-state index >= 15 is 0 Å². The van der Waals surface area contributed by atoms with Crippen LogP contribution in [0.2, 0.25) is 0 Å². The Bertz CT molecular complexity index is 1010. The molecule has 3 aromatic heterocycles. The number of thiophene rings is 1. The number of carboxylic acid groups (broad SMARTS) is 1. The minimum atomic E-state index is -0.870. The molecule has 0 aliphatic heterocycles. The van der Waals surface area contributed by atoms with Crippen molar-refractivity contribution >= 4 is 27.5 Å². The molecule has 0 bridgehead atoms. The number of carbonyl (C=O) groups is 1. The zero-order chi connectivity index (χ0) is 16.7. The van der Waals surface area contributed by atoms with Gasteiger partial charge in [-0.05, 0) is 36.8 Å². The van der Waals surface area contributed by atoms with Gasteiger partial charge in [-0.25, -0.2) is 9.78 Å². The Morgan fingerprint density at radius 1 is 1.25 bits per heavy atom. The number of fused-ring (bicyclic) bond motifs is 1. The molecule has 0 aliphatic rings. The second-order valence-electron chi connectivity index (χ2n) is 5.46. The molecular weight excluding hydrogens is 322 g/mol. The third-order valence-corrected chi connectivity index (χ3v) is 5.14. The summed E-state index contributed by atoms with van der Waals surface area (Å²) < 4.78 is 5.12. The van der Waals surface area contributed by atoms with E-state index in [1.807, 2.05) is 10.8 Å². The lowest BCUT2D eigenvalue weighted by Gasteiger charge is -2.09. The SMILES string of the molecule is CCn1c(-c2ccc(-n3ccnc3)cc2)cc2sc(C(=O)O)cc21. The Morgan fingerprint density at radius 3 is 2.67 bits per heavy atom. The monoisotopic (exact) mass is 337 g/mol. The highest BCUT2D eigenvalue weighted by Gasteiger charge is 2.15. The van der Waals surface area contributed by atoms with Crippen LogP contribution >= 0.6 is 11.3 Å². The Kier molecular flexibility index (Phi) is 3.46. The van der Waals surface area contributed by atoms with Gasteiger partial charge in [0.2, 0.25) is 0 Å². The molecule has 6 heteroatoms. The van der Waals surface area contributed by atoms with E-state index < -0.39 is 5.97 Å². The third-order valence-electron chi connectivity index (χ3n) is 4.08. The molecule has 0 amide bonds. The first-order chi connectivity index (χ1) is 11.7. The summed E-state index contributed by atoms with van der Waals surface area (Å²) in [5, 5.41) is 9.17. The van der Waals surface area contributed by atoms with Gasteiger partial charge < -0.3 is 14.2 Å². The topological polar surface area (TPSA) is 60.0 Å². The predicted octanol–water partition coefficient (Wildman–Crippen LogP) is 4.27. The Hall–Kier alpha value is -2.86. The minimum absolute atomic E-state index is 0.379. The maximum atomic E-state index is 11.2. The number of aryl methyl sites for hydroxylation is 1. The molecule has 120 valence electrons. The lowest BCUT2D eigenvalue weighted by atomic mass is 10.1. The van der Waals surface area contributed by atoms with Gasteiger partial charge in [0.15, 0.2) is 0 Å². The van der Waals surface area contributed by atoms with Crippen molar-refractivity contribution in [3.8, 4) is 16.9 Å². The van der Waals surface area contributed by atoms with Gasteiger partial charge in [0.05, 0.1) is 16.5 Å². The summed E-state index contributed by atoms with van der Waals surface area (Å²) in [6.07, 6.45) is 5.44. The van der Waals surface area contributed by atoms with E-state index in [2.05, 4.69) is 46.8 Å². The standard InChI is InChI=1S/C18H15N3O2S/c1-2-21-14(9-16-15(21)10-17(24-16)18(22)23)12-3-5-13(6-4-12)20-8-7-19-11-20/h3-11H,2H2,1H3,(H,22,23). The molecule has 4 rings (SSSR count). The summed E-state index contributed by atoms with van der Waals surface area (Å²) in [6.45, 7) is 2.86. The summed E-state index contributed by atoms with van der Waals surface area (Å²) in [7, 11) is 0. The molecule has 4 aromatic rings. The highest BCUT2D eigenvalue weighted by molar-refractivity contribution is 7.20. The molecule has 0 atom stereocenters. The van der Waals surface area contributed by atoms with Crippen molar-refractivity contribution in [2.45, 2.75) is 13.5 Å². The van der Waals surface area contributed by atoms with Crippen LogP contribution in [0.3, 0.4) is 0 Å². The van der Waals surface area contributed by atoms with Crippen LogP contribution in [-0.4, -0.2) is 25.2 Å². The van der Waals surface area contributed by atoms with Crippen molar-refractivity contribution in [3.63, 3.8) is 0 Å². The fourth-order valence-corrected chi connectivity index (χ4v) is 3.88. The van der Waals surface area contributed by atoms with E-state index in [1.54, 1.807) is 18.6 Å². The molecule has 0 saturated heterocycles. The van der Waals surface area contributed by atoms with Gasteiger partial charge in [-0.2, -0.15) is 0 Å². The number of aromatic carboxylic acids is 1. The predicted molar refractivity (Wildman–Crippen MR) is 95.0 cm³/mol. The summed E-state index contributed by atoms with van der Waals surface area (Å²) in [5.74, 6) is -0.870. The van der Waals surface area contributed by atoms with Crippen LogP contribution in [0.15, 0.2) is 55.1 Å². The molecule has 0 aliphatic carbocycles. The molecule has 3 heterocycles. The van der Waals surface area contributed by atoms with Crippen molar-refractivity contribution in [1.29, 1.82) is 0 Å². The fourth-order valence-electron chi connectivity index (χ4n) is 2.94. The van der Waals surface area contributed by atoms with Crippen LogP contribution < -0.4 is 0 Å². The number of hydrogen-bond acceptors (Lipinski definition) is 3. The van der Waals surface area contributed by atoms with Crippen LogP contribution in [0.4, 0.5) is 0 Å². The molecule has 0 fully saturated rings. The van der Waals surface area contributed by atoms with Crippen molar-refractivity contribution < 1.29 is 9.90 Å². The molecule has 0 saturated carbocycles. The molecule has 0 spiro atoms. The molecule has 0 radical (unpaired) electrons. The van der Waals surface area contributed by atoms with E-state index in [4.69, 9.17) is 5.11 Å². The smallest absolute Gasteiger partial charge is 0.345 e. The highest BCUT2D eigenvalue weighted by Crippen LogP contribution is 2.34. The zero-order valence-corrected chi connectivity index (χ0v) is 13.8. The van der Waals surface area contributed by atoms with E-state index in [-0.39, 0.29) is 0 Å². The van der Waals surface area contributed by atoms with E-state index in [9.17, 15) is 4.79 Å². The second kappa shape index (κ2) is 5.65. The Morgan fingerprint density at radius 2 is 2.04 bits per heavy atom. The average molecular weight is 337 g/mol. The van der Waals surface area contributed by atoms with Crippen molar-refractivity contribution in [2.24, 2.45) is 0 Å². The van der Waals surface area contributed by atoms with Gasteiger partial charge in [-0.3, -0.25) is 0 Å². The molecule has 1 N–H and O–H groups in total. The highest BCUT2D eigenvalue weighted by atomic mass is 32.1. The maximum absolute atomic E-state index is 11.2. The lowest BCUT2D eigenvalue weighted by molar-refractivity contribution is 0.0702. The van der Waals surface area contributed by atoms with Crippen LogP contribution in [0.25, 0.3) is 27.2 Å². The lowest BCUT2D eigenvalue weighted by Crippen LogP contribution is -1.97. The van der Waals surface area contributed by atoms with Crippen LogP contribution in [-0.2, 0) is 6.54 Å². The summed E-state index contributed by atoms with van der Waals surface area (Å²) in [5.41, 5.74) is 4.25. The average Bonchev–Trinajstić information content (AvgIpc) is 3.30. The number of carboxylic acids is 1. The van der Waals surface area contributed by atoms with E-state index in [0.717, 1.165) is 33.7 Å². The number of benzene rings is 1. The molecule has 0 unspecified atom stereocenters. The van der Waals surface area contributed by atoms with Crippen molar-refractivity contribution in [2.75, 3.05) is 0 Å². The van der Waals surface area contributed by atoms with Crippen molar-refractivity contribution in [1.82, 2.24) is 14.1 Å². The molecular formula is C18H15N3O2S. The molecule has 5 nitrogen and oxygen atoms in total. The Balaban J connectivity index is 1.78. The van der Waals surface area contributed by atoms with Crippen LogP contribution in [0.5, 0.6) is 0 Å². The van der Waals surface area contributed by atoms with Gasteiger partial charge >= 0.3 is 5.97 Å². The first-order valence-corrected chi connectivity index (χ1v) is 8.44. The quantitative estimate of drug-likeness (QED) is 0.605. The number of rotatable bonds is 4. The fraction of sp³-hybridized carbons (Fsp3) is 0.111. The second-order valence-corrected chi connectivity index (χ2v) is 6.54. The maximum Gasteiger partial charge on any atom is 0.345 e. The minimum Gasteiger partial charge on any atom is -0.477 e. The molecule has 1 aromatic carbocycles. The number of aromatic nitrogens is 3. The zero-order valence-electron chi connectivity index (χ0n) is 13.0. The Labute approximate surface area is 142 Å². The van der Waals surface area contributed by atoms with Gasteiger partial charge in [0.25, 0.3) is 0 Å². The van der Waals surface area contributed by atoms with Gasteiger partial charge in [0, 0.05) is 30.3 Å². The largest absolute Gasteiger partial charge is 0.477 e.